The van der Waals surface area contributed by atoms with E-state index in [4.69, 9.17) is 5.14 Å². The SMILES string of the molecule is CCCCn1c(CSc2nccn2C)nc2cc(S(N)(=O)=O)ccc21. The summed E-state index contributed by atoms with van der Waals surface area (Å²) in [7, 11) is -1.78. The van der Waals surface area contributed by atoms with Crippen LogP contribution in [-0.2, 0) is 29.4 Å². The van der Waals surface area contributed by atoms with E-state index in [2.05, 4.69) is 21.5 Å². The third-order valence-corrected chi connectivity index (χ3v) is 5.94. The molecule has 0 aliphatic heterocycles. The molecule has 1 aromatic carbocycles. The molecule has 134 valence electrons. The number of rotatable bonds is 7. The average molecular weight is 380 g/mol. The highest BCUT2D eigenvalue weighted by Gasteiger charge is 2.15. The maximum atomic E-state index is 11.6. The third-order valence-electron chi connectivity index (χ3n) is 3.97. The number of imidazole rings is 2. The van der Waals surface area contributed by atoms with E-state index in [0.29, 0.717) is 11.3 Å². The minimum absolute atomic E-state index is 0.0865. The van der Waals surface area contributed by atoms with Crippen molar-refractivity contribution in [3.63, 3.8) is 0 Å². The fourth-order valence-electron chi connectivity index (χ4n) is 2.63. The molecular weight excluding hydrogens is 358 g/mol. The molecule has 0 aliphatic carbocycles. The molecule has 0 aliphatic rings. The van der Waals surface area contributed by atoms with Crippen LogP contribution in [0.4, 0.5) is 0 Å². The normalized spacial score (nSPS) is 12.1. The van der Waals surface area contributed by atoms with E-state index >= 15 is 0 Å². The van der Waals surface area contributed by atoms with Crippen molar-refractivity contribution in [2.75, 3.05) is 0 Å². The Labute approximate surface area is 151 Å². The van der Waals surface area contributed by atoms with Gasteiger partial charge in [0.05, 0.1) is 21.7 Å². The van der Waals surface area contributed by atoms with E-state index in [1.165, 1.54) is 6.07 Å². The van der Waals surface area contributed by atoms with Gasteiger partial charge in [0.25, 0.3) is 0 Å². The smallest absolute Gasteiger partial charge is 0.238 e. The molecule has 25 heavy (non-hydrogen) atoms. The summed E-state index contributed by atoms with van der Waals surface area (Å²) in [6.45, 7) is 2.98. The van der Waals surface area contributed by atoms with Crippen LogP contribution in [0.25, 0.3) is 11.0 Å². The van der Waals surface area contributed by atoms with Crippen molar-refractivity contribution in [2.24, 2.45) is 12.2 Å². The Bertz CT molecular complexity index is 991. The van der Waals surface area contributed by atoms with Crippen LogP contribution in [0.15, 0.2) is 40.6 Å². The summed E-state index contributed by atoms with van der Waals surface area (Å²) in [4.78, 5) is 9.06. The molecular formula is C16H21N5O2S2. The first-order chi connectivity index (χ1) is 11.9. The second-order valence-corrected chi connectivity index (χ2v) is 8.34. The predicted octanol–water partition coefficient (Wildman–Crippen LogP) is 2.51. The molecule has 9 heteroatoms. The van der Waals surface area contributed by atoms with Gasteiger partial charge in [-0.15, -0.1) is 0 Å². The van der Waals surface area contributed by atoms with E-state index in [9.17, 15) is 8.42 Å². The summed E-state index contributed by atoms with van der Waals surface area (Å²) in [6.07, 6.45) is 5.77. The Hall–Kier alpha value is -1.84. The molecule has 0 saturated heterocycles. The Morgan fingerprint density at radius 1 is 1.32 bits per heavy atom. The highest BCUT2D eigenvalue weighted by molar-refractivity contribution is 7.98. The fourth-order valence-corrected chi connectivity index (χ4v) is 4.04. The maximum absolute atomic E-state index is 11.6. The van der Waals surface area contributed by atoms with Crippen molar-refractivity contribution in [1.29, 1.82) is 0 Å². The number of thioether (sulfide) groups is 1. The van der Waals surface area contributed by atoms with Crippen LogP contribution in [0.5, 0.6) is 0 Å². The molecule has 0 spiro atoms. The van der Waals surface area contributed by atoms with Gasteiger partial charge in [0.15, 0.2) is 5.16 Å². The third kappa shape index (κ3) is 3.88. The first-order valence-corrected chi connectivity index (χ1v) is 10.6. The Kier molecular flexibility index (Phi) is 5.16. The number of aryl methyl sites for hydroxylation is 2. The summed E-state index contributed by atoms with van der Waals surface area (Å²) in [5.41, 5.74) is 1.58. The molecule has 0 atom stereocenters. The van der Waals surface area contributed by atoms with Gasteiger partial charge in [-0.3, -0.25) is 0 Å². The van der Waals surface area contributed by atoms with Gasteiger partial charge in [0.1, 0.15) is 5.82 Å². The topological polar surface area (TPSA) is 95.8 Å². The van der Waals surface area contributed by atoms with Gasteiger partial charge in [-0.05, 0) is 24.6 Å². The molecule has 2 aromatic heterocycles. The van der Waals surface area contributed by atoms with Crippen molar-refractivity contribution in [3.8, 4) is 0 Å². The van der Waals surface area contributed by atoms with E-state index in [-0.39, 0.29) is 4.90 Å². The maximum Gasteiger partial charge on any atom is 0.238 e. The van der Waals surface area contributed by atoms with Crippen molar-refractivity contribution >= 4 is 32.8 Å². The minimum atomic E-state index is -3.74. The first-order valence-electron chi connectivity index (χ1n) is 8.02. The molecule has 0 fully saturated rings. The van der Waals surface area contributed by atoms with Crippen molar-refractivity contribution in [2.45, 2.75) is 42.1 Å². The lowest BCUT2D eigenvalue weighted by Crippen LogP contribution is -2.11. The second kappa shape index (κ2) is 7.19. The lowest BCUT2D eigenvalue weighted by atomic mass is 10.3. The predicted molar refractivity (Wildman–Crippen MR) is 98.8 cm³/mol. The number of nitrogens with zero attached hydrogens (tertiary/aromatic N) is 4. The molecule has 2 N–H and O–H groups in total. The lowest BCUT2D eigenvalue weighted by molar-refractivity contribution is 0.598. The van der Waals surface area contributed by atoms with Gasteiger partial charge < -0.3 is 9.13 Å². The summed E-state index contributed by atoms with van der Waals surface area (Å²) in [6, 6.07) is 4.87. The number of benzene rings is 1. The summed E-state index contributed by atoms with van der Waals surface area (Å²) < 4.78 is 27.3. The van der Waals surface area contributed by atoms with Crippen LogP contribution in [0, 0.1) is 0 Å². The van der Waals surface area contributed by atoms with Crippen LogP contribution in [0.2, 0.25) is 0 Å². The number of sulfonamides is 1. The highest BCUT2D eigenvalue weighted by atomic mass is 32.2. The average Bonchev–Trinajstić information content (AvgIpc) is 3.12. The number of nitrogens with two attached hydrogens (primary N) is 1. The summed E-state index contributed by atoms with van der Waals surface area (Å²) in [5, 5.41) is 6.15. The highest BCUT2D eigenvalue weighted by Crippen LogP contribution is 2.25. The number of hydrogen-bond donors (Lipinski definition) is 1. The Morgan fingerprint density at radius 2 is 2.12 bits per heavy atom. The fraction of sp³-hybridized carbons (Fsp3) is 0.375. The molecule has 0 saturated carbocycles. The van der Waals surface area contributed by atoms with Crippen LogP contribution in [0.1, 0.15) is 25.6 Å². The Morgan fingerprint density at radius 3 is 2.76 bits per heavy atom. The van der Waals surface area contributed by atoms with Gasteiger partial charge in [-0.25, -0.2) is 23.5 Å². The van der Waals surface area contributed by atoms with Gasteiger partial charge in [0.2, 0.25) is 10.0 Å². The summed E-state index contributed by atoms with van der Waals surface area (Å²) >= 11 is 1.60. The van der Waals surface area contributed by atoms with Gasteiger partial charge in [-0.1, -0.05) is 25.1 Å². The molecule has 0 radical (unpaired) electrons. The number of hydrogen-bond acceptors (Lipinski definition) is 5. The van der Waals surface area contributed by atoms with E-state index in [0.717, 1.165) is 35.9 Å². The van der Waals surface area contributed by atoms with E-state index in [1.807, 2.05) is 17.8 Å². The second-order valence-electron chi connectivity index (χ2n) is 5.84. The zero-order chi connectivity index (χ0) is 18.0. The van der Waals surface area contributed by atoms with Gasteiger partial charge >= 0.3 is 0 Å². The molecule has 0 unspecified atom stereocenters. The van der Waals surface area contributed by atoms with E-state index in [1.54, 1.807) is 30.1 Å². The molecule has 7 nitrogen and oxygen atoms in total. The van der Waals surface area contributed by atoms with Crippen molar-refractivity contribution in [3.05, 3.63) is 36.4 Å². The Balaban J connectivity index is 1.98. The quantitative estimate of drug-likeness (QED) is 0.636. The number of fused-ring (bicyclic) bond motifs is 1. The van der Waals surface area contributed by atoms with Crippen LogP contribution in [0.3, 0.4) is 0 Å². The molecule has 0 bridgehead atoms. The van der Waals surface area contributed by atoms with Gasteiger partial charge in [-0.2, -0.15) is 0 Å². The van der Waals surface area contributed by atoms with Crippen molar-refractivity contribution < 1.29 is 8.42 Å². The standard InChI is InChI=1S/C16H21N5O2S2/c1-3-4-8-21-14-6-5-12(25(17,22)23)10-13(14)19-15(21)11-24-16-18-7-9-20(16)2/h5-7,9-10H,3-4,8,11H2,1-2H3,(H2,17,22,23). The van der Waals surface area contributed by atoms with Crippen LogP contribution in [-0.4, -0.2) is 27.5 Å². The monoisotopic (exact) mass is 379 g/mol. The molecule has 3 rings (SSSR count). The van der Waals surface area contributed by atoms with Crippen molar-refractivity contribution in [1.82, 2.24) is 19.1 Å². The minimum Gasteiger partial charge on any atom is -0.329 e. The first kappa shape index (κ1) is 18.0. The van der Waals surface area contributed by atoms with E-state index < -0.39 is 10.0 Å². The van der Waals surface area contributed by atoms with Crippen LogP contribution < -0.4 is 5.14 Å². The molecule has 0 amide bonds. The number of unbranched alkanes of at least 4 members (excludes halogenated alkanes) is 1. The number of aromatic nitrogens is 4. The molecule has 3 aromatic rings. The lowest BCUT2D eigenvalue weighted by Gasteiger charge is -2.08. The zero-order valence-corrected chi connectivity index (χ0v) is 15.8. The van der Waals surface area contributed by atoms with Gasteiger partial charge in [0, 0.05) is 26.0 Å². The largest absolute Gasteiger partial charge is 0.329 e. The van der Waals surface area contributed by atoms with Crippen LogP contribution >= 0.6 is 11.8 Å². The number of primary sulfonamides is 1. The molecule has 2 heterocycles. The zero-order valence-electron chi connectivity index (χ0n) is 14.2. The summed E-state index contributed by atoms with van der Waals surface area (Å²) in [5.74, 6) is 1.57.